The monoisotopic (exact) mass is 238 g/mol. The Balaban J connectivity index is 2.42. The topological polar surface area (TPSA) is 65.3 Å². The minimum Gasteiger partial charge on any atom is -0.467 e. The summed E-state index contributed by atoms with van der Waals surface area (Å²) in [5, 5.41) is 11.1. The van der Waals surface area contributed by atoms with Gasteiger partial charge in [0, 0.05) is 12.1 Å². The van der Waals surface area contributed by atoms with Crippen LogP contribution in [0, 0.1) is 10.1 Å². The number of benzene rings is 1. The summed E-state index contributed by atoms with van der Waals surface area (Å²) in [7, 11) is 0. The van der Waals surface area contributed by atoms with E-state index in [2.05, 4.69) is 4.98 Å². The van der Waals surface area contributed by atoms with E-state index in [-0.39, 0.29) is 11.8 Å². The molecule has 0 saturated carbocycles. The van der Waals surface area contributed by atoms with Gasteiger partial charge >= 0.3 is 0 Å². The molecule has 0 saturated heterocycles. The van der Waals surface area contributed by atoms with Crippen LogP contribution in [-0.4, -0.2) is 16.0 Å². The molecule has 16 heavy (non-hydrogen) atoms. The molecule has 0 spiro atoms. The Labute approximate surface area is 95.8 Å². The first-order valence-corrected chi connectivity index (χ1v) is 5.59. The highest BCUT2D eigenvalue weighted by atomic mass is 32.1. The maximum absolute atomic E-state index is 10.6. The lowest BCUT2D eigenvalue weighted by Gasteiger charge is -2.03. The van der Waals surface area contributed by atoms with Gasteiger partial charge in [-0.15, -0.1) is 0 Å². The molecule has 0 N–H and O–H groups in total. The van der Waals surface area contributed by atoms with Gasteiger partial charge in [-0.05, 0) is 19.9 Å². The number of ether oxygens (including phenoxy) is 1. The molecule has 5 nitrogen and oxygen atoms in total. The molecule has 0 unspecified atom stereocenters. The van der Waals surface area contributed by atoms with Gasteiger partial charge in [-0.2, -0.15) is 0 Å². The van der Waals surface area contributed by atoms with Gasteiger partial charge in [-0.25, -0.2) is 4.98 Å². The van der Waals surface area contributed by atoms with Crippen LogP contribution in [0.3, 0.4) is 0 Å². The molecule has 1 aromatic carbocycles. The van der Waals surface area contributed by atoms with E-state index >= 15 is 0 Å². The van der Waals surface area contributed by atoms with Crippen molar-refractivity contribution in [3.8, 4) is 5.19 Å². The van der Waals surface area contributed by atoms with Crippen LogP contribution >= 0.6 is 11.3 Å². The van der Waals surface area contributed by atoms with Gasteiger partial charge in [0.2, 0.25) is 0 Å². The van der Waals surface area contributed by atoms with E-state index in [1.54, 1.807) is 6.07 Å². The summed E-state index contributed by atoms with van der Waals surface area (Å²) < 4.78 is 6.21. The minimum atomic E-state index is -0.415. The van der Waals surface area contributed by atoms with E-state index < -0.39 is 4.92 Å². The van der Waals surface area contributed by atoms with Gasteiger partial charge in [0.25, 0.3) is 10.9 Å². The maximum atomic E-state index is 10.6. The highest BCUT2D eigenvalue weighted by Gasteiger charge is 2.11. The highest BCUT2D eigenvalue weighted by Crippen LogP contribution is 2.30. The number of rotatable bonds is 3. The zero-order valence-electron chi connectivity index (χ0n) is 8.84. The summed E-state index contributed by atoms with van der Waals surface area (Å²) in [4.78, 5) is 14.4. The third kappa shape index (κ3) is 2.11. The normalized spacial score (nSPS) is 10.9. The van der Waals surface area contributed by atoms with Gasteiger partial charge < -0.3 is 4.74 Å². The van der Waals surface area contributed by atoms with E-state index in [0.29, 0.717) is 5.19 Å². The predicted molar refractivity (Wildman–Crippen MR) is 62.0 cm³/mol. The fraction of sp³-hybridized carbons (Fsp3) is 0.300. The SMILES string of the molecule is CC(C)Oc1nc2ccc([N+](=O)[O-])cc2s1. The molecular formula is C10H10N2O3S. The first-order valence-electron chi connectivity index (χ1n) is 4.78. The Morgan fingerprint density at radius 2 is 2.25 bits per heavy atom. The van der Waals surface area contributed by atoms with Crippen molar-refractivity contribution in [2.24, 2.45) is 0 Å². The Morgan fingerprint density at radius 1 is 1.50 bits per heavy atom. The molecule has 2 aromatic rings. The predicted octanol–water partition coefficient (Wildman–Crippen LogP) is 2.99. The molecule has 0 radical (unpaired) electrons. The Hall–Kier alpha value is -1.69. The molecule has 0 aliphatic rings. The molecule has 0 bridgehead atoms. The van der Waals surface area contributed by atoms with Crippen molar-refractivity contribution in [3.05, 3.63) is 28.3 Å². The lowest BCUT2D eigenvalue weighted by atomic mass is 10.3. The molecule has 1 aromatic heterocycles. The largest absolute Gasteiger partial charge is 0.467 e. The molecule has 0 fully saturated rings. The summed E-state index contributed by atoms with van der Waals surface area (Å²) in [5.41, 5.74) is 0.804. The zero-order chi connectivity index (χ0) is 11.7. The molecule has 0 aliphatic heterocycles. The molecule has 6 heteroatoms. The standard InChI is InChI=1S/C10H10N2O3S/c1-6(2)15-10-11-8-4-3-7(12(13)14)5-9(8)16-10/h3-6H,1-2H3. The fourth-order valence-electron chi connectivity index (χ4n) is 1.26. The van der Waals surface area contributed by atoms with Gasteiger partial charge in [0.15, 0.2) is 0 Å². The van der Waals surface area contributed by atoms with E-state index in [1.807, 2.05) is 13.8 Å². The molecule has 0 atom stereocenters. The Bertz CT molecular complexity index is 536. The van der Waals surface area contributed by atoms with E-state index in [0.717, 1.165) is 10.2 Å². The number of fused-ring (bicyclic) bond motifs is 1. The van der Waals surface area contributed by atoms with Crippen molar-refractivity contribution in [2.45, 2.75) is 20.0 Å². The Morgan fingerprint density at radius 3 is 2.88 bits per heavy atom. The summed E-state index contributed by atoms with van der Waals surface area (Å²) in [6, 6.07) is 4.60. The zero-order valence-corrected chi connectivity index (χ0v) is 9.65. The van der Waals surface area contributed by atoms with Crippen LogP contribution in [0.25, 0.3) is 10.2 Å². The van der Waals surface area contributed by atoms with Gasteiger partial charge in [0.1, 0.15) is 0 Å². The molecule has 2 rings (SSSR count). The lowest BCUT2D eigenvalue weighted by molar-refractivity contribution is -0.384. The van der Waals surface area contributed by atoms with Crippen LogP contribution < -0.4 is 4.74 Å². The van der Waals surface area contributed by atoms with E-state index in [4.69, 9.17) is 4.74 Å². The van der Waals surface area contributed by atoms with Crippen molar-refractivity contribution in [1.82, 2.24) is 4.98 Å². The first kappa shape index (κ1) is 10.8. The maximum Gasteiger partial charge on any atom is 0.274 e. The van der Waals surface area contributed by atoms with E-state index in [1.165, 1.54) is 23.5 Å². The third-order valence-corrected chi connectivity index (χ3v) is 2.81. The molecule has 0 amide bonds. The van der Waals surface area contributed by atoms with Crippen LogP contribution in [0.15, 0.2) is 18.2 Å². The summed E-state index contributed by atoms with van der Waals surface area (Å²) >= 11 is 1.32. The number of nitrogens with zero attached hydrogens (tertiary/aromatic N) is 2. The van der Waals surface area contributed by atoms with Crippen molar-refractivity contribution in [3.63, 3.8) is 0 Å². The second-order valence-corrected chi connectivity index (χ2v) is 4.55. The molecule has 0 aliphatic carbocycles. The average molecular weight is 238 g/mol. The summed E-state index contributed by atoms with van der Waals surface area (Å²) in [6.45, 7) is 3.82. The average Bonchev–Trinajstić information content (AvgIpc) is 2.56. The van der Waals surface area contributed by atoms with Gasteiger partial charge in [-0.3, -0.25) is 10.1 Å². The van der Waals surface area contributed by atoms with Crippen LogP contribution in [0.2, 0.25) is 0 Å². The number of hydrogen-bond acceptors (Lipinski definition) is 5. The van der Waals surface area contributed by atoms with Crippen molar-refractivity contribution in [1.29, 1.82) is 0 Å². The number of nitro benzene ring substituents is 1. The van der Waals surface area contributed by atoms with Crippen LogP contribution in [0.5, 0.6) is 5.19 Å². The van der Waals surface area contributed by atoms with Gasteiger partial charge in [-0.1, -0.05) is 11.3 Å². The second-order valence-electron chi connectivity index (χ2n) is 3.56. The van der Waals surface area contributed by atoms with Crippen LogP contribution in [0.1, 0.15) is 13.8 Å². The van der Waals surface area contributed by atoms with Crippen molar-refractivity contribution in [2.75, 3.05) is 0 Å². The van der Waals surface area contributed by atoms with Crippen molar-refractivity contribution >= 4 is 27.2 Å². The van der Waals surface area contributed by atoms with Gasteiger partial charge in [0.05, 0.1) is 21.2 Å². The molecule has 84 valence electrons. The van der Waals surface area contributed by atoms with Crippen molar-refractivity contribution < 1.29 is 9.66 Å². The number of aromatic nitrogens is 1. The quantitative estimate of drug-likeness (QED) is 0.609. The fourth-order valence-corrected chi connectivity index (χ4v) is 2.23. The second kappa shape index (κ2) is 4.05. The number of hydrogen-bond donors (Lipinski definition) is 0. The minimum absolute atomic E-state index is 0.0514. The van der Waals surface area contributed by atoms with E-state index in [9.17, 15) is 10.1 Å². The highest BCUT2D eigenvalue weighted by molar-refractivity contribution is 7.20. The number of nitro groups is 1. The summed E-state index contributed by atoms with van der Waals surface area (Å²) in [6.07, 6.45) is 0.0514. The molecular weight excluding hydrogens is 228 g/mol. The van der Waals surface area contributed by atoms with Crippen LogP contribution in [0.4, 0.5) is 5.69 Å². The van der Waals surface area contributed by atoms with Crippen LogP contribution in [-0.2, 0) is 0 Å². The lowest BCUT2D eigenvalue weighted by Crippen LogP contribution is -2.04. The third-order valence-electron chi connectivity index (χ3n) is 1.90. The number of thiazole rings is 1. The summed E-state index contributed by atoms with van der Waals surface area (Å²) in [5.74, 6) is 0. The molecule has 1 heterocycles. The Kier molecular flexibility index (Phi) is 2.74. The smallest absolute Gasteiger partial charge is 0.274 e. The first-order chi connectivity index (χ1) is 7.56. The number of non-ortho nitro benzene ring substituents is 1.